The Balaban J connectivity index is 1.90. The van der Waals surface area contributed by atoms with E-state index in [4.69, 9.17) is 4.74 Å². The summed E-state index contributed by atoms with van der Waals surface area (Å²) in [6.45, 7) is 4.11. The Labute approximate surface area is 149 Å². The number of aryl methyl sites for hydroxylation is 1. The number of amides is 1. The first-order chi connectivity index (χ1) is 11.9. The summed E-state index contributed by atoms with van der Waals surface area (Å²) in [6, 6.07) is 3.29. The molecule has 6 nitrogen and oxygen atoms in total. The lowest BCUT2D eigenvalue weighted by molar-refractivity contribution is -0.116. The van der Waals surface area contributed by atoms with Crippen LogP contribution in [0, 0.1) is 6.92 Å². The summed E-state index contributed by atoms with van der Waals surface area (Å²) in [5.41, 5.74) is 1.27. The molecule has 3 rings (SSSR count). The molecule has 1 heterocycles. The summed E-state index contributed by atoms with van der Waals surface area (Å²) < 4.78 is 34.3. The van der Waals surface area contributed by atoms with Crippen molar-refractivity contribution in [3.05, 3.63) is 17.7 Å². The highest BCUT2D eigenvalue weighted by molar-refractivity contribution is 7.89. The molecule has 2 aliphatic rings. The van der Waals surface area contributed by atoms with Crippen molar-refractivity contribution in [2.45, 2.75) is 63.3 Å². The van der Waals surface area contributed by atoms with Gasteiger partial charge < -0.3 is 9.64 Å². The highest BCUT2D eigenvalue weighted by Crippen LogP contribution is 2.36. The molecule has 1 amide bonds. The maximum absolute atomic E-state index is 12.9. The molecule has 1 aliphatic heterocycles. The zero-order chi connectivity index (χ0) is 18.0. The third-order valence-electron chi connectivity index (χ3n) is 4.97. The van der Waals surface area contributed by atoms with Crippen LogP contribution in [0.3, 0.4) is 0 Å². The van der Waals surface area contributed by atoms with E-state index in [0.717, 1.165) is 25.7 Å². The Kier molecular flexibility index (Phi) is 5.34. The van der Waals surface area contributed by atoms with Gasteiger partial charge in [0.25, 0.3) is 0 Å². The van der Waals surface area contributed by atoms with Crippen molar-refractivity contribution < 1.29 is 17.9 Å². The van der Waals surface area contributed by atoms with Crippen molar-refractivity contribution in [1.82, 2.24) is 4.72 Å². The molecular weight excluding hydrogens is 340 g/mol. The van der Waals surface area contributed by atoms with E-state index < -0.39 is 10.0 Å². The molecule has 1 N–H and O–H groups in total. The van der Waals surface area contributed by atoms with Crippen LogP contribution in [-0.4, -0.2) is 33.5 Å². The number of nitrogens with one attached hydrogen (secondary N) is 1. The second-order valence-electron chi connectivity index (χ2n) is 6.91. The molecule has 1 aromatic carbocycles. The van der Waals surface area contributed by atoms with Crippen molar-refractivity contribution >= 4 is 21.6 Å². The topological polar surface area (TPSA) is 75.7 Å². The predicted octanol–water partition coefficient (Wildman–Crippen LogP) is 2.74. The SMILES string of the molecule is CC(=O)N1CCOc2cc(S(=O)(=O)NC3CCCCCC3)c(C)cc21. The van der Waals surface area contributed by atoms with Gasteiger partial charge in [0.05, 0.1) is 17.1 Å². The Morgan fingerprint density at radius 1 is 1.20 bits per heavy atom. The van der Waals surface area contributed by atoms with Gasteiger partial charge in [-0.15, -0.1) is 0 Å². The quantitative estimate of drug-likeness (QED) is 0.835. The van der Waals surface area contributed by atoms with E-state index in [-0.39, 0.29) is 16.8 Å². The van der Waals surface area contributed by atoms with Gasteiger partial charge in [-0.1, -0.05) is 25.7 Å². The molecule has 0 atom stereocenters. The third kappa shape index (κ3) is 3.98. The minimum atomic E-state index is -3.61. The van der Waals surface area contributed by atoms with E-state index in [1.165, 1.54) is 19.8 Å². The minimum Gasteiger partial charge on any atom is -0.489 e. The fraction of sp³-hybridized carbons (Fsp3) is 0.611. The molecule has 138 valence electrons. The van der Waals surface area contributed by atoms with E-state index in [1.54, 1.807) is 24.0 Å². The fourth-order valence-electron chi connectivity index (χ4n) is 3.64. The van der Waals surface area contributed by atoms with Crippen LogP contribution in [0.4, 0.5) is 5.69 Å². The van der Waals surface area contributed by atoms with Crippen molar-refractivity contribution in [3.63, 3.8) is 0 Å². The highest BCUT2D eigenvalue weighted by atomic mass is 32.2. The maximum Gasteiger partial charge on any atom is 0.241 e. The van der Waals surface area contributed by atoms with Crippen LogP contribution in [0.15, 0.2) is 17.0 Å². The van der Waals surface area contributed by atoms with Gasteiger partial charge in [0.2, 0.25) is 15.9 Å². The van der Waals surface area contributed by atoms with Crippen molar-refractivity contribution in [1.29, 1.82) is 0 Å². The van der Waals surface area contributed by atoms with Crippen LogP contribution in [0.5, 0.6) is 5.75 Å². The minimum absolute atomic E-state index is 0.00225. The van der Waals surface area contributed by atoms with Gasteiger partial charge in [0, 0.05) is 19.0 Å². The number of anilines is 1. The molecule has 1 fully saturated rings. The lowest BCUT2D eigenvalue weighted by Crippen LogP contribution is -2.37. The number of hydrogen-bond acceptors (Lipinski definition) is 4. The van der Waals surface area contributed by atoms with E-state index in [2.05, 4.69) is 4.72 Å². The van der Waals surface area contributed by atoms with Gasteiger partial charge >= 0.3 is 0 Å². The van der Waals surface area contributed by atoms with E-state index in [0.29, 0.717) is 30.2 Å². The van der Waals surface area contributed by atoms with Gasteiger partial charge in [0.1, 0.15) is 12.4 Å². The van der Waals surface area contributed by atoms with Crippen LogP contribution in [0.2, 0.25) is 0 Å². The van der Waals surface area contributed by atoms with Gasteiger partial charge in [0.15, 0.2) is 0 Å². The van der Waals surface area contributed by atoms with E-state index >= 15 is 0 Å². The standard InChI is InChI=1S/C18H26N2O4S/c1-13-11-16-17(24-10-9-20(16)14(2)21)12-18(13)25(22,23)19-15-7-5-3-4-6-8-15/h11-12,15,19H,3-10H2,1-2H3. The zero-order valence-electron chi connectivity index (χ0n) is 14.9. The van der Waals surface area contributed by atoms with Crippen LogP contribution < -0.4 is 14.4 Å². The van der Waals surface area contributed by atoms with Gasteiger partial charge in [-0.3, -0.25) is 4.79 Å². The lowest BCUT2D eigenvalue weighted by Gasteiger charge is -2.29. The molecular formula is C18H26N2O4S. The number of carbonyl (C=O) groups excluding carboxylic acids is 1. The summed E-state index contributed by atoms with van der Waals surface area (Å²) >= 11 is 0. The third-order valence-corrected chi connectivity index (χ3v) is 6.63. The maximum atomic E-state index is 12.9. The zero-order valence-corrected chi connectivity index (χ0v) is 15.7. The van der Waals surface area contributed by atoms with Gasteiger partial charge in [-0.05, 0) is 31.4 Å². The second kappa shape index (κ2) is 7.33. The predicted molar refractivity (Wildman–Crippen MR) is 96.5 cm³/mol. The first kappa shape index (κ1) is 18.2. The number of hydrogen-bond donors (Lipinski definition) is 1. The number of rotatable bonds is 3. The lowest BCUT2D eigenvalue weighted by atomic mass is 10.1. The van der Waals surface area contributed by atoms with Gasteiger partial charge in [-0.25, -0.2) is 13.1 Å². The Morgan fingerprint density at radius 3 is 2.52 bits per heavy atom. The summed E-state index contributed by atoms with van der Waals surface area (Å²) in [7, 11) is -3.61. The normalized spacial score (nSPS) is 19.0. The molecule has 1 saturated carbocycles. The summed E-state index contributed by atoms with van der Waals surface area (Å²) in [4.78, 5) is 13.7. The summed E-state index contributed by atoms with van der Waals surface area (Å²) in [5, 5.41) is 0. The first-order valence-corrected chi connectivity index (χ1v) is 10.4. The van der Waals surface area contributed by atoms with Crippen molar-refractivity contribution in [2.24, 2.45) is 0 Å². The molecule has 1 aliphatic carbocycles. The average molecular weight is 366 g/mol. The monoisotopic (exact) mass is 366 g/mol. The van der Waals surface area contributed by atoms with Crippen LogP contribution in [0.1, 0.15) is 51.0 Å². The molecule has 0 radical (unpaired) electrons. The molecule has 0 unspecified atom stereocenters. The van der Waals surface area contributed by atoms with Gasteiger partial charge in [-0.2, -0.15) is 0 Å². The van der Waals surface area contributed by atoms with Crippen LogP contribution in [-0.2, 0) is 14.8 Å². The number of fused-ring (bicyclic) bond motifs is 1. The molecule has 0 spiro atoms. The molecule has 25 heavy (non-hydrogen) atoms. The Morgan fingerprint density at radius 2 is 1.88 bits per heavy atom. The molecule has 0 saturated heterocycles. The smallest absolute Gasteiger partial charge is 0.241 e. The largest absolute Gasteiger partial charge is 0.489 e. The van der Waals surface area contributed by atoms with E-state index in [9.17, 15) is 13.2 Å². The number of ether oxygens (including phenoxy) is 1. The molecule has 0 bridgehead atoms. The number of nitrogens with zero attached hydrogens (tertiary/aromatic N) is 1. The second-order valence-corrected chi connectivity index (χ2v) is 8.60. The van der Waals surface area contributed by atoms with Crippen LogP contribution in [0.25, 0.3) is 0 Å². The van der Waals surface area contributed by atoms with E-state index in [1.807, 2.05) is 0 Å². The number of carbonyl (C=O) groups is 1. The van der Waals surface area contributed by atoms with Crippen molar-refractivity contribution in [3.8, 4) is 5.75 Å². The Bertz CT molecular complexity index is 753. The van der Waals surface area contributed by atoms with Crippen molar-refractivity contribution in [2.75, 3.05) is 18.1 Å². The fourth-order valence-corrected chi connectivity index (χ4v) is 5.19. The first-order valence-electron chi connectivity index (χ1n) is 8.96. The highest BCUT2D eigenvalue weighted by Gasteiger charge is 2.28. The number of benzene rings is 1. The molecule has 1 aromatic rings. The molecule has 7 heteroatoms. The van der Waals surface area contributed by atoms with Crippen LogP contribution >= 0.6 is 0 Å². The average Bonchev–Trinajstić information content (AvgIpc) is 2.81. The summed E-state index contributed by atoms with van der Waals surface area (Å²) in [5.74, 6) is 0.379. The summed E-state index contributed by atoms with van der Waals surface area (Å²) in [6.07, 6.45) is 6.24. The Hall–Kier alpha value is -1.60. The number of sulfonamides is 1. The molecule has 0 aromatic heterocycles.